The average Bonchev–Trinajstić information content (AvgIpc) is 2.65. The van der Waals surface area contributed by atoms with Gasteiger partial charge in [0.15, 0.2) is 0 Å². The minimum Gasteiger partial charge on any atom is -0.394 e. The average molecular weight is 378 g/mol. The summed E-state index contributed by atoms with van der Waals surface area (Å²) in [6.07, 6.45) is 10.6. The van der Waals surface area contributed by atoms with Gasteiger partial charge in [0.2, 0.25) is 0 Å². The Morgan fingerprint density at radius 2 is 1.00 bits per heavy atom. The molecule has 0 amide bonds. The summed E-state index contributed by atoms with van der Waals surface area (Å²) in [5.41, 5.74) is 0. The van der Waals surface area contributed by atoms with Gasteiger partial charge in [-0.2, -0.15) is 0 Å². The molecule has 0 aromatic rings. The number of hydrogen-bond acceptors (Lipinski definition) is 6. The van der Waals surface area contributed by atoms with Gasteiger partial charge >= 0.3 is 0 Å². The molecule has 0 unspecified atom stereocenters. The van der Waals surface area contributed by atoms with Crippen LogP contribution in [-0.2, 0) is 14.2 Å². The van der Waals surface area contributed by atoms with Gasteiger partial charge < -0.3 is 24.4 Å². The Balaban J connectivity index is 3.70. The Morgan fingerprint density at radius 1 is 0.538 bits per heavy atom. The maximum Gasteiger partial charge on any atom is 0.0701 e. The van der Waals surface area contributed by atoms with Crippen molar-refractivity contribution in [3.8, 4) is 0 Å². The third-order valence-corrected chi connectivity index (χ3v) is 4.27. The first-order valence-corrected chi connectivity index (χ1v) is 10.5. The van der Waals surface area contributed by atoms with Crippen molar-refractivity contribution in [2.24, 2.45) is 0 Å². The molecule has 26 heavy (non-hydrogen) atoms. The summed E-state index contributed by atoms with van der Waals surface area (Å²) in [6, 6.07) is 0. The zero-order chi connectivity index (χ0) is 19.1. The highest BCUT2D eigenvalue weighted by atomic mass is 16.5. The molecular weight excluding hydrogens is 334 g/mol. The van der Waals surface area contributed by atoms with E-state index in [1.807, 2.05) is 0 Å². The van der Waals surface area contributed by atoms with Gasteiger partial charge in [-0.05, 0) is 13.0 Å². The van der Waals surface area contributed by atoms with E-state index < -0.39 is 0 Å². The first-order valence-electron chi connectivity index (χ1n) is 10.5. The highest BCUT2D eigenvalue weighted by Crippen LogP contribution is 2.09. The number of ether oxygens (including phenoxy) is 3. The normalized spacial score (nSPS) is 11.5. The lowest BCUT2D eigenvalue weighted by Gasteiger charge is -2.22. The van der Waals surface area contributed by atoms with E-state index in [4.69, 9.17) is 24.4 Å². The van der Waals surface area contributed by atoms with Crippen LogP contribution in [0.2, 0.25) is 0 Å². The Morgan fingerprint density at radius 3 is 1.54 bits per heavy atom. The largest absolute Gasteiger partial charge is 0.394 e. The van der Waals surface area contributed by atoms with Crippen molar-refractivity contribution in [2.45, 2.75) is 58.3 Å². The molecule has 0 aliphatic heterocycles. The SMILES string of the molecule is CCCCCCCCCCN(CCOCCO)CCOCCOCCO. The van der Waals surface area contributed by atoms with Crippen LogP contribution in [0.15, 0.2) is 0 Å². The highest BCUT2D eigenvalue weighted by Gasteiger charge is 2.05. The fourth-order valence-electron chi connectivity index (χ4n) is 2.75. The van der Waals surface area contributed by atoms with Crippen LogP contribution < -0.4 is 0 Å². The minimum atomic E-state index is 0.0558. The molecule has 0 aliphatic rings. The molecule has 0 heterocycles. The predicted molar refractivity (Wildman–Crippen MR) is 106 cm³/mol. The zero-order valence-electron chi connectivity index (χ0n) is 17.0. The second kappa shape index (κ2) is 22.8. The fourth-order valence-corrected chi connectivity index (χ4v) is 2.75. The van der Waals surface area contributed by atoms with Gasteiger partial charge in [0.05, 0.1) is 52.9 Å². The molecule has 0 aromatic heterocycles. The van der Waals surface area contributed by atoms with Gasteiger partial charge in [-0.25, -0.2) is 0 Å². The van der Waals surface area contributed by atoms with Crippen LogP contribution in [0.5, 0.6) is 0 Å². The Hall–Kier alpha value is -0.240. The summed E-state index contributed by atoms with van der Waals surface area (Å²) in [4.78, 5) is 2.38. The topological polar surface area (TPSA) is 71.4 Å². The third-order valence-electron chi connectivity index (χ3n) is 4.27. The van der Waals surface area contributed by atoms with E-state index in [-0.39, 0.29) is 13.2 Å². The smallest absolute Gasteiger partial charge is 0.0701 e. The molecule has 158 valence electrons. The molecule has 0 spiro atoms. The second-order valence-electron chi connectivity index (χ2n) is 6.60. The van der Waals surface area contributed by atoms with Gasteiger partial charge in [0, 0.05) is 13.1 Å². The van der Waals surface area contributed by atoms with Crippen molar-refractivity contribution in [1.82, 2.24) is 4.90 Å². The van der Waals surface area contributed by atoms with Crippen LogP contribution in [0, 0.1) is 0 Å². The fraction of sp³-hybridized carbons (Fsp3) is 1.00. The van der Waals surface area contributed by atoms with Crippen LogP contribution >= 0.6 is 0 Å². The third kappa shape index (κ3) is 20.1. The van der Waals surface area contributed by atoms with E-state index in [2.05, 4.69) is 11.8 Å². The molecule has 6 heteroatoms. The zero-order valence-corrected chi connectivity index (χ0v) is 17.0. The molecule has 0 aromatic carbocycles. The number of hydrogen-bond donors (Lipinski definition) is 2. The molecule has 6 nitrogen and oxygen atoms in total. The molecule has 0 aliphatic carbocycles. The van der Waals surface area contributed by atoms with Crippen LogP contribution in [0.4, 0.5) is 0 Å². The summed E-state index contributed by atoms with van der Waals surface area (Å²) >= 11 is 0. The highest BCUT2D eigenvalue weighted by molar-refractivity contribution is 4.58. The van der Waals surface area contributed by atoms with Crippen molar-refractivity contribution in [3.05, 3.63) is 0 Å². The minimum absolute atomic E-state index is 0.0558. The van der Waals surface area contributed by atoms with Crippen LogP contribution in [-0.4, -0.2) is 87.6 Å². The summed E-state index contributed by atoms with van der Waals surface area (Å²) in [7, 11) is 0. The quantitative estimate of drug-likeness (QED) is 0.282. The maximum atomic E-state index is 8.79. The molecular formula is C20H43NO5. The summed E-state index contributed by atoms with van der Waals surface area (Å²) in [6.45, 7) is 8.42. The molecule has 2 N–H and O–H groups in total. The molecule has 0 bridgehead atoms. The lowest BCUT2D eigenvalue weighted by Crippen LogP contribution is -2.32. The van der Waals surface area contributed by atoms with Crippen molar-refractivity contribution < 1.29 is 24.4 Å². The van der Waals surface area contributed by atoms with E-state index in [0.29, 0.717) is 39.6 Å². The number of rotatable bonds is 22. The van der Waals surface area contributed by atoms with Crippen molar-refractivity contribution in [1.29, 1.82) is 0 Å². The number of nitrogens with zero attached hydrogens (tertiary/aromatic N) is 1. The molecule has 0 radical (unpaired) electrons. The molecule has 0 saturated heterocycles. The van der Waals surface area contributed by atoms with Crippen LogP contribution in [0.1, 0.15) is 58.3 Å². The van der Waals surface area contributed by atoms with Gasteiger partial charge in [-0.3, -0.25) is 4.90 Å². The number of aliphatic hydroxyl groups is 2. The van der Waals surface area contributed by atoms with Gasteiger partial charge in [-0.1, -0.05) is 51.9 Å². The Labute approximate surface area is 160 Å². The maximum absolute atomic E-state index is 8.79. The van der Waals surface area contributed by atoms with E-state index in [0.717, 1.165) is 19.6 Å². The molecule has 0 rings (SSSR count). The first kappa shape index (κ1) is 25.8. The van der Waals surface area contributed by atoms with Crippen LogP contribution in [0.25, 0.3) is 0 Å². The monoisotopic (exact) mass is 377 g/mol. The van der Waals surface area contributed by atoms with Crippen molar-refractivity contribution in [3.63, 3.8) is 0 Å². The summed E-state index contributed by atoms with van der Waals surface area (Å²) in [5.74, 6) is 0. The second-order valence-corrected chi connectivity index (χ2v) is 6.60. The van der Waals surface area contributed by atoms with Gasteiger partial charge in [0.25, 0.3) is 0 Å². The lowest BCUT2D eigenvalue weighted by molar-refractivity contribution is 0.0218. The van der Waals surface area contributed by atoms with Crippen LogP contribution in [0.3, 0.4) is 0 Å². The first-order chi connectivity index (χ1) is 12.8. The molecule has 0 fully saturated rings. The van der Waals surface area contributed by atoms with E-state index in [1.165, 1.54) is 51.4 Å². The lowest BCUT2D eigenvalue weighted by atomic mass is 10.1. The molecule has 0 saturated carbocycles. The van der Waals surface area contributed by atoms with Crippen molar-refractivity contribution in [2.75, 3.05) is 72.5 Å². The van der Waals surface area contributed by atoms with Gasteiger partial charge in [-0.15, -0.1) is 0 Å². The van der Waals surface area contributed by atoms with E-state index >= 15 is 0 Å². The summed E-state index contributed by atoms with van der Waals surface area (Å²) in [5, 5.41) is 17.4. The number of aliphatic hydroxyl groups excluding tert-OH is 2. The Kier molecular flexibility index (Phi) is 22.6. The van der Waals surface area contributed by atoms with Gasteiger partial charge in [0.1, 0.15) is 0 Å². The Bertz CT molecular complexity index is 256. The predicted octanol–water partition coefficient (Wildman–Crippen LogP) is 2.46. The summed E-state index contributed by atoms with van der Waals surface area (Å²) < 4.78 is 16.2. The van der Waals surface area contributed by atoms with E-state index in [1.54, 1.807) is 0 Å². The molecule has 0 atom stereocenters. The standard InChI is InChI=1S/C20H43NO5/c1-2-3-4-5-6-7-8-9-10-21(11-15-24-17-13-22)12-16-25-19-20-26-18-14-23/h22-23H,2-20H2,1H3. The number of unbranched alkanes of at least 4 members (excludes halogenated alkanes) is 7. The van der Waals surface area contributed by atoms with E-state index in [9.17, 15) is 0 Å². The van der Waals surface area contributed by atoms with Crippen molar-refractivity contribution >= 4 is 0 Å².